The summed E-state index contributed by atoms with van der Waals surface area (Å²) in [4.78, 5) is 23.0. The number of fused-ring (bicyclic) bond motifs is 1. The zero-order valence-electron chi connectivity index (χ0n) is 24.5. The Balaban J connectivity index is 1.41. The number of aryl methyl sites for hydroxylation is 1. The molecule has 1 aromatic heterocycles. The number of hydrogen-bond donors (Lipinski definition) is 1. The van der Waals surface area contributed by atoms with Gasteiger partial charge in [0.05, 0.1) is 18.9 Å². The maximum absolute atomic E-state index is 14.1. The first-order valence-corrected chi connectivity index (χ1v) is 15.4. The normalized spacial score (nSPS) is 24.0. The van der Waals surface area contributed by atoms with Gasteiger partial charge in [0.25, 0.3) is 0 Å². The smallest absolute Gasteiger partial charge is 0.410 e. The van der Waals surface area contributed by atoms with Crippen LogP contribution in [-0.2, 0) is 21.3 Å². The Morgan fingerprint density at radius 2 is 1.88 bits per heavy atom. The number of nitrogens with zero attached hydrogens (tertiary/aromatic N) is 3. The molecule has 5 rings (SSSR count). The number of carbonyl (C=O) groups excluding carboxylic acids is 1. The van der Waals surface area contributed by atoms with E-state index in [0.717, 1.165) is 44.9 Å². The highest BCUT2D eigenvalue weighted by atomic mass is 32.1. The minimum atomic E-state index is -0.588. The third-order valence-electron chi connectivity index (χ3n) is 8.78. The SMILES string of the molecule is CN(CO[C@@H]1CC=CCC1N(C(=O)OC(C)(C)C)[C@H](CCS)C1(c2ccccc2)CC1)C1CCc2ncccc21. The van der Waals surface area contributed by atoms with Crippen molar-refractivity contribution >= 4 is 18.7 Å². The molecule has 0 bridgehead atoms. The topological polar surface area (TPSA) is 54.9 Å². The Labute approximate surface area is 245 Å². The Morgan fingerprint density at radius 3 is 2.58 bits per heavy atom. The predicted molar refractivity (Wildman–Crippen MR) is 163 cm³/mol. The van der Waals surface area contributed by atoms with Gasteiger partial charge in [-0.2, -0.15) is 12.6 Å². The van der Waals surface area contributed by atoms with E-state index in [1.165, 1.54) is 16.8 Å². The van der Waals surface area contributed by atoms with E-state index < -0.39 is 5.60 Å². The molecule has 2 aromatic rings. The molecule has 0 radical (unpaired) electrons. The molecule has 0 N–H and O–H groups in total. The van der Waals surface area contributed by atoms with Crippen LogP contribution < -0.4 is 0 Å². The lowest BCUT2D eigenvalue weighted by molar-refractivity contribution is -0.0797. The van der Waals surface area contributed by atoms with E-state index in [9.17, 15) is 4.79 Å². The van der Waals surface area contributed by atoms with Gasteiger partial charge in [0, 0.05) is 29.4 Å². The van der Waals surface area contributed by atoms with Gasteiger partial charge in [-0.15, -0.1) is 0 Å². The number of hydrogen-bond acceptors (Lipinski definition) is 6. The second-order valence-electron chi connectivity index (χ2n) is 12.6. The molecule has 7 heteroatoms. The number of thiol groups is 1. The van der Waals surface area contributed by atoms with Gasteiger partial charge in [-0.05, 0) is 95.7 Å². The van der Waals surface area contributed by atoms with E-state index in [1.807, 2.05) is 33.0 Å². The lowest BCUT2D eigenvalue weighted by atomic mass is 9.83. The number of aromatic nitrogens is 1. The van der Waals surface area contributed by atoms with Gasteiger partial charge < -0.3 is 9.47 Å². The Morgan fingerprint density at radius 1 is 1.12 bits per heavy atom. The van der Waals surface area contributed by atoms with Crippen molar-refractivity contribution in [3.63, 3.8) is 0 Å². The van der Waals surface area contributed by atoms with Crippen molar-refractivity contribution in [2.45, 2.75) is 101 Å². The molecular formula is C33H45N3O3S. The van der Waals surface area contributed by atoms with Crippen molar-refractivity contribution in [2.75, 3.05) is 19.5 Å². The molecule has 1 amide bonds. The third-order valence-corrected chi connectivity index (χ3v) is 9.04. The fraction of sp³-hybridized carbons (Fsp3) is 0.576. The summed E-state index contributed by atoms with van der Waals surface area (Å²) in [5.41, 5.74) is 3.13. The van der Waals surface area contributed by atoms with Crippen LogP contribution in [0, 0.1) is 0 Å². The van der Waals surface area contributed by atoms with Crippen LogP contribution in [0.1, 0.15) is 82.2 Å². The first kappa shape index (κ1) is 29.2. The summed E-state index contributed by atoms with van der Waals surface area (Å²) in [5, 5.41) is 0. The highest BCUT2D eigenvalue weighted by molar-refractivity contribution is 7.80. The molecular weight excluding hydrogens is 518 g/mol. The fourth-order valence-corrected chi connectivity index (χ4v) is 6.98. The molecule has 3 aliphatic carbocycles. The monoisotopic (exact) mass is 563 g/mol. The first-order valence-electron chi connectivity index (χ1n) is 14.8. The minimum absolute atomic E-state index is 0.0182. The van der Waals surface area contributed by atoms with E-state index in [-0.39, 0.29) is 29.7 Å². The summed E-state index contributed by atoms with van der Waals surface area (Å²) in [5.74, 6) is 0.699. The van der Waals surface area contributed by atoms with Crippen LogP contribution in [0.25, 0.3) is 0 Å². The van der Waals surface area contributed by atoms with Gasteiger partial charge in [0.2, 0.25) is 0 Å². The molecule has 40 heavy (non-hydrogen) atoms. The molecule has 0 spiro atoms. The van der Waals surface area contributed by atoms with Gasteiger partial charge in [-0.3, -0.25) is 14.8 Å². The minimum Gasteiger partial charge on any atom is -0.444 e. The van der Waals surface area contributed by atoms with Gasteiger partial charge in [-0.25, -0.2) is 4.79 Å². The predicted octanol–water partition coefficient (Wildman–Crippen LogP) is 6.72. The van der Waals surface area contributed by atoms with Gasteiger partial charge >= 0.3 is 6.09 Å². The second-order valence-corrected chi connectivity index (χ2v) is 13.1. The molecule has 2 unspecified atom stereocenters. The largest absolute Gasteiger partial charge is 0.444 e. The number of ether oxygens (including phenoxy) is 2. The average molecular weight is 564 g/mol. The molecule has 1 fully saturated rings. The highest BCUT2D eigenvalue weighted by Crippen LogP contribution is 2.54. The summed E-state index contributed by atoms with van der Waals surface area (Å²) < 4.78 is 12.8. The summed E-state index contributed by atoms with van der Waals surface area (Å²) in [7, 11) is 2.13. The highest BCUT2D eigenvalue weighted by Gasteiger charge is 2.55. The summed E-state index contributed by atoms with van der Waals surface area (Å²) in [6.07, 6.45) is 12.4. The van der Waals surface area contributed by atoms with Gasteiger partial charge in [0.15, 0.2) is 0 Å². The summed E-state index contributed by atoms with van der Waals surface area (Å²) >= 11 is 4.67. The molecule has 0 aliphatic heterocycles. The van der Waals surface area contributed by atoms with Crippen LogP contribution in [0.4, 0.5) is 4.79 Å². The molecule has 1 heterocycles. The lowest BCUT2D eigenvalue weighted by Crippen LogP contribution is -2.58. The number of benzene rings is 1. The number of carbonyl (C=O) groups is 1. The fourth-order valence-electron chi connectivity index (χ4n) is 6.73. The third kappa shape index (κ3) is 6.27. The molecule has 6 nitrogen and oxygen atoms in total. The van der Waals surface area contributed by atoms with Crippen molar-refractivity contribution in [3.8, 4) is 0 Å². The van der Waals surface area contributed by atoms with Crippen LogP contribution in [0.15, 0.2) is 60.8 Å². The van der Waals surface area contributed by atoms with Crippen LogP contribution in [0.5, 0.6) is 0 Å². The van der Waals surface area contributed by atoms with Gasteiger partial charge in [-0.1, -0.05) is 48.6 Å². The van der Waals surface area contributed by atoms with Crippen molar-refractivity contribution in [3.05, 3.63) is 77.6 Å². The molecule has 216 valence electrons. The molecule has 0 saturated heterocycles. The molecule has 3 aliphatic rings. The average Bonchev–Trinajstić information content (AvgIpc) is 3.63. The Hall–Kier alpha value is -2.35. The number of pyridine rings is 1. The van der Waals surface area contributed by atoms with Crippen LogP contribution in [0.3, 0.4) is 0 Å². The van der Waals surface area contributed by atoms with E-state index in [4.69, 9.17) is 9.47 Å². The Bertz CT molecular complexity index is 1180. The van der Waals surface area contributed by atoms with Gasteiger partial charge in [0.1, 0.15) is 5.60 Å². The van der Waals surface area contributed by atoms with Crippen molar-refractivity contribution in [1.29, 1.82) is 0 Å². The van der Waals surface area contributed by atoms with E-state index in [2.05, 4.69) is 83.0 Å². The summed E-state index contributed by atoms with van der Waals surface area (Å²) in [6, 6.07) is 15.1. The van der Waals surface area contributed by atoms with Crippen LogP contribution in [-0.4, -0.2) is 64.2 Å². The quantitative estimate of drug-likeness (QED) is 0.198. The first-order chi connectivity index (χ1) is 19.2. The zero-order chi connectivity index (χ0) is 28.3. The van der Waals surface area contributed by atoms with Crippen LogP contribution >= 0.6 is 12.6 Å². The van der Waals surface area contributed by atoms with E-state index in [1.54, 1.807) is 0 Å². The lowest BCUT2D eigenvalue weighted by Gasteiger charge is -2.46. The molecule has 4 atom stereocenters. The van der Waals surface area contributed by atoms with Crippen molar-refractivity contribution < 1.29 is 14.3 Å². The maximum Gasteiger partial charge on any atom is 0.410 e. The van der Waals surface area contributed by atoms with E-state index in [0.29, 0.717) is 18.5 Å². The maximum atomic E-state index is 14.1. The second kappa shape index (κ2) is 12.3. The molecule has 1 saturated carbocycles. The molecule has 1 aromatic carbocycles. The van der Waals surface area contributed by atoms with Crippen molar-refractivity contribution in [2.24, 2.45) is 0 Å². The van der Waals surface area contributed by atoms with E-state index >= 15 is 0 Å². The zero-order valence-corrected chi connectivity index (χ0v) is 25.4. The number of rotatable bonds is 10. The standard InChI is InChI=1S/C33H45N3O3S/c1-32(2,3)39-31(37)36(30(18-22-40)33(19-20-33)24-11-6-5-7-12-24)28-14-8-9-15-29(28)38-23-35(4)27-17-16-26-25(27)13-10-21-34-26/h5-13,21,27-30,40H,14-20,22-23H2,1-4H3/t27?,28?,29-,30-/m1/s1. The number of amides is 1. The summed E-state index contributed by atoms with van der Waals surface area (Å²) in [6.45, 7) is 6.33. The van der Waals surface area contributed by atoms with Crippen molar-refractivity contribution in [1.82, 2.24) is 14.8 Å². The Kier molecular flexibility index (Phi) is 8.93. The van der Waals surface area contributed by atoms with Crippen LogP contribution in [0.2, 0.25) is 0 Å².